The first-order chi connectivity index (χ1) is 7.76. The van der Waals surface area contributed by atoms with Crippen molar-refractivity contribution in [2.75, 3.05) is 16.8 Å². The Bertz CT molecular complexity index is 429. The summed E-state index contributed by atoms with van der Waals surface area (Å²) in [5.41, 5.74) is 2.87. The molecule has 1 heterocycles. The highest BCUT2D eigenvalue weighted by Crippen LogP contribution is 2.30. The van der Waals surface area contributed by atoms with Gasteiger partial charge < -0.3 is 10.2 Å². The maximum Gasteiger partial charge on any atom is 0.226 e. The maximum atomic E-state index is 11.6. The predicted molar refractivity (Wildman–Crippen MR) is 62.5 cm³/mol. The molecule has 1 N–H and O–H groups in total. The van der Waals surface area contributed by atoms with Gasteiger partial charge in [0, 0.05) is 24.3 Å². The summed E-state index contributed by atoms with van der Waals surface area (Å²) in [5, 5.41) is 2.61. The molecule has 1 aromatic rings. The predicted octanol–water partition coefficient (Wildman–Crippen LogP) is 1.55. The number of carbonyl (C=O) groups is 2. The lowest BCUT2D eigenvalue weighted by atomic mass is 10.1. The van der Waals surface area contributed by atoms with E-state index in [2.05, 4.69) is 5.32 Å². The first kappa shape index (κ1) is 10.7. The molecule has 0 saturated heterocycles. The minimum Gasteiger partial charge on any atom is -0.329 e. The molecule has 2 rings (SSSR count). The van der Waals surface area contributed by atoms with Gasteiger partial charge in [-0.3, -0.25) is 9.59 Å². The fourth-order valence-electron chi connectivity index (χ4n) is 2.01. The van der Waals surface area contributed by atoms with Crippen LogP contribution in [0, 0.1) is 0 Å². The van der Waals surface area contributed by atoms with Crippen molar-refractivity contribution in [2.24, 2.45) is 0 Å². The van der Waals surface area contributed by atoms with Crippen molar-refractivity contribution >= 4 is 23.7 Å². The van der Waals surface area contributed by atoms with Crippen molar-refractivity contribution in [3.8, 4) is 0 Å². The third-order valence-electron chi connectivity index (χ3n) is 2.80. The van der Waals surface area contributed by atoms with E-state index in [9.17, 15) is 9.59 Å². The van der Waals surface area contributed by atoms with Gasteiger partial charge >= 0.3 is 0 Å². The van der Waals surface area contributed by atoms with Crippen LogP contribution >= 0.6 is 0 Å². The molecule has 1 aliphatic heterocycles. The first-order valence-corrected chi connectivity index (χ1v) is 5.39. The van der Waals surface area contributed by atoms with E-state index in [-0.39, 0.29) is 5.91 Å². The molecular formula is C12H14N2O2. The highest BCUT2D eigenvalue weighted by Gasteiger charge is 2.23. The van der Waals surface area contributed by atoms with Gasteiger partial charge in [-0.2, -0.15) is 0 Å². The van der Waals surface area contributed by atoms with Crippen LogP contribution in [0.15, 0.2) is 18.2 Å². The largest absolute Gasteiger partial charge is 0.329 e. The minimum absolute atomic E-state index is 0.148. The average Bonchev–Trinajstić information content (AvgIpc) is 2.71. The molecular weight excluding hydrogens is 204 g/mol. The molecule has 0 bridgehead atoms. The number of anilines is 2. The molecule has 0 aliphatic carbocycles. The number of rotatable bonds is 3. The number of hydrogen-bond acceptors (Lipinski definition) is 2. The van der Waals surface area contributed by atoms with E-state index in [1.54, 1.807) is 4.90 Å². The fraction of sp³-hybridized carbons (Fsp3) is 0.333. The minimum atomic E-state index is 0.148. The van der Waals surface area contributed by atoms with Crippen LogP contribution in [-0.4, -0.2) is 18.9 Å². The molecule has 0 atom stereocenters. The number of fused-ring (bicyclic) bond motifs is 1. The van der Waals surface area contributed by atoms with Crippen molar-refractivity contribution in [2.45, 2.75) is 19.8 Å². The summed E-state index contributed by atoms with van der Waals surface area (Å²) >= 11 is 0. The van der Waals surface area contributed by atoms with Crippen LogP contribution in [0.2, 0.25) is 0 Å². The quantitative estimate of drug-likeness (QED) is 0.782. The van der Waals surface area contributed by atoms with Gasteiger partial charge in [0.05, 0.1) is 0 Å². The standard InChI is InChI=1S/C12H14N2O2/c1-2-12(16)14-6-5-9-7-10(13-8-15)3-4-11(9)14/h3-4,7-8H,2,5-6H2,1H3,(H,13,15). The van der Waals surface area contributed by atoms with Gasteiger partial charge in [-0.1, -0.05) is 6.92 Å². The van der Waals surface area contributed by atoms with Gasteiger partial charge in [-0.05, 0) is 30.2 Å². The van der Waals surface area contributed by atoms with Crippen LogP contribution in [0.3, 0.4) is 0 Å². The van der Waals surface area contributed by atoms with E-state index >= 15 is 0 Å². The second-order valence-corrected chi connectivity index (χ2v) is 3.75. The first-order valence-electron chi connectivity index (χ1n) is 5.39. The second-order valence-electron chi connectivity index (χ2n) is 3.75. The summed E-state index contributed by atoms with van der Waals surface area (Å²) in [5.74, 6) is 0.148. The van der Waals surface area contributed by atoms with E-state index in [4.69, 9.17) is 0 Å². The van der Waals surface area contributed by atoms with Crippen LogP contribution in [0.25, 0.3) is 0 Å². The Morgan fingerprint density at radius 3 is 3.06 bits per heavy atom. The van der Waals surface area contributed by atoms with Gasteiger partial charge in [-0.25, -0.2) is 0 Å². The van der Waals surface area contributed by atoms with Crippen molar-refractivity contribution in [3.63, 3.8) is 0 Å². The van der Waals surface area contributed by atoms with Gasteiger partial charge in [-0.15, -0.1) is 0 Å². The molecule has 4 nitrogen and oxygen atoms in total. The Labute approximate surface area is 94.2 Å². The lowest BCUT2D eigenvalue weighted by Crippen LogP contribution is -2.27. The van der Waals surface area contributed by atoms with E-state index in [1.165, 1.54) is 0 Å². The molecule has 0 radical (unpaired) electrons. The number of amides is 2. The zero-order chi connectivity index (χ0) is 11.5. The summed E-state index contributed by atoms with van der Waals surface area (Å²) in [4.78, 5) is 23.8. The Hall–Kier alpha value is -1.84. The number of carbonyl (C=O) groups excluding carboxylic acids is 2. The summed E-state index contributed by atoms with van der Waals surface area (Å²) in [7, 11) is 0. The van der Waals surface area contributed by atoms with E-state index in [1.807, 2.05) is 25.1 Å². The highest BCUT2D eigenvalue weighted by atomic mass is 16.2. The Balaban J connectivity index is 2.28. The molecule has 0 unspecified atom stereocenters. The zero-order valence-electron chi connectivity index (χ0n) is 9.19. The molecule has 0 saturated carbocycles. The third-order valence-corrected chi connectivity index (χ3v) is 2.80. The summed E-state index contributed by atoms with van der Waals surface area (Å²) in [6, 6.07) is 5.63. The van der Waals surface area contributed by atoms with Crippen molar-refractivity contribution < 1.29 is 9.59 Å². The Kier molecular flexibility index (Phi) is 2.90. The molecule has 2 amide bonds. The monoisotopic (exact) mass is 218 g/mol. The SMILES string of the molecule is CCC(=O)N1CCc2cc(NC=O)ccc21. The summed E-state index contributed by atoms with van der Waals surface area (Å²) < 4.78 is 0. The highest BCUT2D eigenvalue weighted by molar-refractivity contribution is 5.95. The molecule has 0 spiro atoms. The van der Waals surface area contributed by atoms with Crippen molar-refractivity contribution in [1.29, 1.82) is 0 Å². The second kappa shape index (κ2) is 4.35. The zero-order valence-corrected chi connectivity index (χ0v) is 9.19. The number of nitrogens with one attached hydrogen (secondary N) is 1. The van der Waals surface area contributed by atoms with Gasteiger partial charge in [0.1, 0.15) is 0 Å². The van der Waals surface area contributed by atoms with Gasteiger partial charge in [0.2, 0.25) is 12.3 Å². The molecule has 84 valence electrons. The average molecular weight is 218 g/mol. The summed E-state index contributed by atoms with van der Waals surface area (Å²) in [6.07, 6.45) is 2.04. The van der Waals surface area contributed by atoms with E-state index < -0.39 is 0 Å². The van der Waals surface area contributed by atoms with Crippen LogP contribution in [0.1, 0.15) is 18.9 Å². The van der Waals surface area contributed by atoms with Crippen molar-refractivity contribution in [1.82, 2.24) is 0 Å². The molecule has 4 heteroatoms. The third kappa shape index (κ3) is 1.78. The van der Waals surface area contributed by atoms with Crippen LogP contribution in [0.5, 0.6) is 0 Å². The van der Waals surface area contributed by atoms with Gasteiger partial charge in [0.15, 0.2) is 0 Å². The fourth-order valence-corrected chi connectivity index (χ4v) is 2.01. The number of nitrogens with zero attached hydrogens (tertiary/aromatic N) is 1. The molecule has 1 aromatic carbocycles. The van der Waals surface area contributed by atoms with Gasteiger partial charge in [0.25, 0.3) is 0 Å². The number of benzene rings is 1. The van der Waals surface area contributed by atoms with Crippen LogP contribution < -0.4 is 10.2 Å². The van der Waals surface area contributed by atoms with E-state index in [0.717, 1.165) is 29.9 Å². The Morgan fingerprint density at radius 2 is 2.38 bits per heavy atom. The number of hydrogen-bond donors (Lipinski definition) is 1. The summed E-state index contributed by atoms with van der Waals surface area (Å²) in [6.45, 7) is 2.61. The topological polar surface area (TPSA) is 49.4 Å². The lowest BCUT2D eigenvalue weighted by molar-refractivity contribution is -0.118. The molecule has 0 aromatic heterocycles. The molecule has 16 heavy (non-hydrogen) atoms. The van der Waals surface area contributed by atoms with Crippen LogP contribution in [-0.2, 0) is 16.0 Å². The van der Waals surface area contributed by atoms with Crippen LogP contribution in [0.4, 0.5) is 11.4 Å². The van der Waals surface area contributed by atoms with E-state index in [0.29, 0.717) is 12.8 Å². The van der Waals surface area contributed by atoms with Crippen molar-refractivity contribution in [3.05, 3.63) is 23.8 Å². The smallest absolute Gasteiger partial charge is 0.226 e. The Morgan fingerprint density at radius 1 is 1.56 bits per heavy atom. The molecule has 1 aliphatic rings. The lowest BCUT2D eigenvalue weighted by Gasteiger charge is -2.16. The maximum absolute atomic E-state index is 11.6. The normalized spacial score (nSPS) is 13.4. The molecule has 0 fully saturated rings.